The van der Waals surface area contributed by atoms with E-state index in [1.807, 2.05) is 13.8 Å². The van der Waals surface area contributed by atoms with Crippen LogP contribution in [0.4, 0.5) is 0 Å². The number of carbonyl (C=O) groups excluding carboxylic acids is 2. The molecule has 0 saturated carbocycles. The quantitative estimate of drug-likeness (QED) is 0.692. The lowest BCUT2D eigenvalue weighted by atomic mass is 9.78. The number of Topliss-reactive ketones (excluding diaryl/α,β-unsaturated/α-hetero) is 1. The minimum absolute atomic E-state index is 0.0486. The molecule has 0 aliphatic heterocycles. The second kappa shape index (κ2) is 7.81. The molecule has 1 aromatic carbocycles. The second-order valence-corrected chi connectivity index (χ2v) is 6.39. The summed E-state index contributed by atoms with van der Waals surface area (Å²) >= 11 is 11.9. The summed E-state index contributed by atoms with van der Waals surface area (Å²) in [7, 11) is 1.35. The molecule has 0 amide bonds. The Labute approximate surface area is 135 Å². The summed E-state index contributed by atoms with van der Waals surface area (Å²) < 4.78 is 4.69. The number of rotatable bonds is 7. The maximum absolute atomic E-state index is 12.3. The third kappa shape index (κ3) is 5.68. The standard InChI is InChI=1S/C16H20Cl2O3/c1-4-16(2,10-15(20)21-3)9-13(19)7-11-5-6-12(17)8-14(11)18/h5-6,8H,4,7,9-10H2,1-3H3. The van der Waals surface area contributed by atoms with Crippen molar-refractivity contribution in [3.05, 3.63) is 33.8 Å². The van der Waals surface area contributed by atoms with Crippen LogP contribution in [-0.2, 0) is 20.7 Å². The van der Waals surface area contributed by atoms with Gasteiger partial charge in [-0.1, -0.05) is 43.1 Å². The fourth-order valence-electron chi connectivity index (χ4n) is 2.15. The van der Waals surface area contributed by atoms with Crippen LogP contribution in [0.3, 0.4) is 0 Å². The Kier molecular flexibility index (Phi) is 6.69. The smallest absolute Gasteiger partial charge is 0.306 e. The fourth-order valence-corrected chi connectivity index (χ4v) is 2.62. The molecule has 1 unspecified atom stereocenters. The number of methoxy groups -OCH3 is 1. The van der Waals surface area contributed by atoms with Gasteiger partial charge in [0.2, 0.25) is 0 Å². The van der Waals surface area contributed by atoms with Crippen molar-refractivity contribution in [3.63, 3.8) is 0 Å². The predicted molar refractivity (Wildman–Crippen MR) is 84.8 cm³/mol. The molecule has 0 radical (unpaired) electrons. The molecule has 0 aliphatic rings. The third-order valence-electron chi connectivity index (χ3n) is 3.68. The van der Waals surface area contributed by atoms with Gasteiger partial charge in [-0.25, -0.2) is 0 Å². The van der Waals surface area contributed by atoms with Crippen LogP contribution in [0.15, 0.2) is 18.2 Å². The molecular formula is C16H20Cl2O3. The van der Waals surface area contributed by atoms with Gasteiger partial charge in [0, 0.05) is 22.9 Å². The Morgan fingerprint density at radius 3 is 2.43 bits per heavy atom. The first-order valence-corrected chi connectivity index (χ1v) is 7.57. The number of hydrogen-bond acceptors (Lipinski definition) is 3. The Hall–Kier alpha value is -1.06. The molecule has 0 heterocycles. The zero-order chi connectivity index (χ0) is 16.0. The van der Waals surface area contributed by atoms with Crippen molar-refractivity contribution in [1.82, 2.24) is 0 Å². The summed E-state index contributed by atoms with van der Waals surface area (Å²) in [5.41, 5.74) is 0.367. The van der Waals surface area contributed by atoms with Crippen molar-refractivity contribution in [3.8, 4) is 0 Å². The highest BCUT2D eigenvalue weighted by Gasteiger charge is 2.29. The van der Waals surface area contributed by atoms with E-state index in [0.717, 1.165) is 12.0 Å². The average Bonchev–Trinajstić information content (AvgIpc) is 2.41. The first-order chi connectivity index (χ1) is 9.79. The van der Waals surface area contributed by atoms with Crippen molar-refractivity contribution in [2.24, 2.45) is 5.41 Å². The van der Waals surface area contributed by atoms with Crippen LogP contribution in [0.1, 0.15) is 38.7 Å². The Balaban J connectivity index is 2.72. The summed E-state index contributed by atoms with van der Waals surface area (Å²) in [4.78, 5) is 23.7. The van der Waals surface area contributed by atoms with E-state index >= 15 is 0 Å². The molecule has 0 N–H and O–H groups in total. The minimum atomic E-state index is -0.386. The Morgan fingerprint density at radius 2 is 1.90 bits per heavy atom. The summed E-state index contributed by atoms with van der Waals surface area (Å²) in [6, 6.07) is 5.09. The zero-order valence-corrected chi connectivity index (χ0v) is 14.1. The van der Waals surface area contributed by atoms with Crippen molar-refractivity contribution < 1.29 is 14.3 Å². The monoisotopic (exact) mass is 330 g/mol. The zero-order valence-electron chi connectivity index (χ0n) is 12.5. The van der Waals surface area contributed by atoms with Gasteiger partial charge in [-0.15, -0.1) is 0 Å². The van der Waals surface area contributed by atoms with Gasteiger partial charge in [-0.05, 0) is 29.5 Å². The van der Waals surface area contributed by atoms with E-state index in [0.29, 0.717) is 16.5 Å². The van der Waals surface area contributed by atoms with Crippen LogP contribution < -0.4 is 0 Å². The van der Waals surface area contributed by atoms with E-state index in [2.05, 4.69) is 0 Å². The van der Waals surface area contributed by atoms with E-state index in [9.17, 15) is 9.59 Å². The molecular weight excluding hydrogens is 311 g/mol. The molecule has 116 valence electrons. The largest absolute Gasteiger partial charge is 0.469 e. The maximum atomic E-state index is 12.3. The lowest BCUT2D eigenvalue weighted by Crippen LogP contribution is -2.25. The van der Waals surface area contributed by atoms with Crippen molar-refractivity contribution in [2.75, 3.05) is 7.11 Å². The molecule has 0 bridgehead atoms. The maximum Gasteiger partial charge on any atom is 0.306 e. The number of halogens is 2. The van der Waals surface area contributed by atoms with E-state index in [-0.39, 0.29) is 30.0 Å². The first-order valence-electron chi connectivity index (χ1n) is 6.82. The highest BCUT2D eigenvalue weighted by atomic mass is 35.5. The number of benzene rings is 1. The molecule has 21 heavy (non-hydrogen) atoms. The molecule has 1 rings (SSSR count). The van der Waals surface area contributed by atoms with Gasteiger partial charge in [0.15, 0.2) is 0 Å². The van der Waals surface area contributed by atoms with Crippen molar-refractivity contribution in [1.29, 1.82) is 0 Å². The van der Waals surface area contributed by atoms with Gasteiger partial charge in [-0.2, -0.15) is 0 Å². The third-order valence-corrected chi connectivity index (χ3v) is 4.27. The van der Waals surface area contributed by atoms with Gasteiger partial charge in [0.1, 0.15) is 5.78 Å². The Morgan fingerprint density at radius 1 is 1.24 bits per heavy atom. The molecule has 0 spiro atoms. The normalized spacial score (nSPS) is 13.6. The van der Waals surface area contributed by atoms with Crippen LogP contribution in [0.2, 0.25) is 10.0 Å². The van der Waals surface area contributed by atoms with Gasteiger partial charge in [-0.3, -0.25) is 9.59 Å². The molecule has 0 aliphatic carbocycles. The van der Waals surface area contributed by atoms with Crippen molar-refractivity contribution in [2.45, 2.75) is 39.5 Å². The molecule has 1 atom stereocenters. The average molecular weight is 331 g/mol. The summed E-state index contributed by atoms with van der Waals surface area (Å²) in [6.07, 6.45) is 1.52. The van der Waals surface area contributed by atoms with Gasteiger partial charge < -0.3 is 4.74 Å². The summed E-state index contributed by atoms with van der Waals surface area (Å²) in [6.45, 7) is 3.89. The molecule has 0 aromatic heterocycles. The van der Waals surface area contributed by atoms with Crippen LogP contribution >= 0.6 is 23.2 Å². The summed E-state index contributed by atoms with van der Waals surface area (Å²) in [5.74, 6) is -0.246. The Bertz CT molecular complexity index is 528. The highest BCUT2D eigenvalue weighted by Crippen LogP contribution is 2.32. The number of hydrogen-bond donors (Lipinski definition) is 0. The van der Waals surface area contributed by atoms with E-state index in [1.54, 1.807) is 18.2 Å². The van der Waals surface area contributed by atoms with E-state index in [4.69, 9.17) is 27.9 Å². The second-order valence-electron chi connectivity index (χ2n) is 5.55. The van der Waals surface area contributed by atoms with Crippen LogP contribution in [0, 0.1) is 5.41 Å². The lowest BCUT2D eigenvalue weighted by molar-refractivity contribution is -0.143. The number of ketones is 1. The lowest BCUT2D eigenvalue weighted by Gasteiger charge is -2.26. The molecule has 3 nitrogen and oxygen atoms in total. The van der Waals surface area contributed by atoms with Crippen LogP contribution in [0.5, 0.6) is 0 Å². The predicted octanol–water partition coefficient (Wildman–Crippen LogP) is 4.47. The van der Waals surface area contributed by atoms with Crippen molar-refractivity contribution >= 4 is 35.0 Å². The van der Waals surface area contributed by atoms with Crippen LogP contribution in [-0.4, -0.2) is 18.9 Å². The summed E-state index contributed by atoms with van der Waals surface area (Å²) in [5, 5.41) is 1.03. The van der Waals surface area contributed by atoms with Gasteiger partial charge >= 0.3 is 5.97 Å². The number of esters is 1. The molecule has 0 fully saturated rings. The molecule has 0 saturated heterocycles. The molecule has 1 aromatic rings. The van der Waals surface area contributed by atoms with E-state index < -0.39 is 0 Å². The highest BCUT2D eigenvalue weighted by molar-refractivity contribution is 6.35. The minimum Gasteiger partial charge on any atom is -0.469 e. The number of ether oxygens (including phenoxy) is 1. The van der Waals surface area contributed by atoms with Gasteiger partial charge in [0.25, 0.3) is 0 Å². The topological polar surface area (TPSA) is 43.4 Å². The first kappa shape index (κ1) is 18.0. The SMILES string of the molecule is CCC(C)(CC(=O)Cc1ccc(Cl)cc1Cl)CC(=O)OC. The molecule has 5 heteroatoms. The van der Waals surface area contributed by atoms with Crippen LogP contribution in [0.25, 0.3) is 0 Å². The van der Waals surface area contributed by atoms with E-state index in [1.165, 1.54) is 7.11 Å². The number of carbonyl (C=O) groups is 2. The fraction of sp³-hybridized carbons (Fsp3) is 0.500. The van der Waals surface area contributed by atoms with Gasteiger partial charge in [0.05, 0.1) is 13.5 Å².